The molecule has 0 aromatic heterocycles. The van der Waals surface area contributed by atoms with Gasteiger partial charge in [-0.1, -0.05) is 30.3 Å². The number of nitrogens with zero attached hydrogens (tertiary/aromatic N) is 3. The van der Waals surface area contributed by atoms with Gasteiger partial charge < -0.3 is 28.4 Å². The van der Waals surface area contributed by atoms with Gasteiger partial charge in [0.1, 0.15) is 6.17 Å². The Morgan fingerprint density at radius 1 is 0.769 bits per heavy atom. The van der Waals surface area contributed by atoms with Crippen LogP contribution in [0.25, 0.3) is 0 Å². The number of ether oxygens (including phenoxy) is 6. The lowest BCUT2D eigenvalue weighted by molar-refractivity contribution is -0.128. The minimum atomic E-state index is -0.537. The van der Waals surface area contributed by atoms with Gasteiger partial charge in [0.25, 0.3) is 5.91 Å². The van der Waals surface area contributed by atoms with Crippen molar-refractivity contribution in [1.29, 1.82) is 0 Å². The predicted molar refractivity (Wildman–Crippen MR) is 146 cm³/mol. The van der Waals surface area contributed by atoms with Gasteiger partial charge in [-0.25, -0.2) is 5.01 Å². The van der Waals surface area contributed by atoms with Crippen LogP contribution in [0.1, 0.15) is 22.9 Å². The highest BCUT2D eigenvalue weighted by atomic mass is 16.5. The van der Waals surface area contributed by atoms with Gasteiger partial charge in [-0.2, -0.15) is 5.10 Å². The molecular weight excluding hydrogens is 502 g/mol. The molecule has 10 heteroatoms. The van der Waals surface area contributed by atoms with Crippen LogP contribution in [0.4, 0.5) is 0 Å². The summed E-state index contributed by atoms with van der Waals surface area (Å²) in [6.07, 6.45) is 1.06. The maximum atomic E-state index is 13.4. The zero-order valence-corrected chi connectivity index (χ0v) is 23.0. The molecule has 0 spiro atoms. The molecule has 0 unspecified atom stereocenters. The molecular formula is C29H33N3O7. The molecule has 0 aliphatic carbocycles. The molecule has 3 aromatic rings. The third-order valence-corrected chi connectivity index (χ3v) is 6.40. The largest absolute Gasteiger partial charge is 0.493 e. The molecule has 1 saturated heterocycles. The van der Waals surface area contributed by atoms with Gasteiger partial charge in [-0.15, -0.1) is 0 Å². The van der Waals surface area contributed by atoms with Crippen LogP contribution in [0.2, 0.25) is 0 Å². The third kappa shape index (κ3) is 5.70. The van der Waals surface area contributed by atoms with Gasteiger partial charge in [0.05, 0.1) is 55.4 Å². The number of carbonyl (C=O) groups is 1. The molecule has 0 saturated carbocycles. The maximum absolute atomic E-state index is 13.4. The van der Waals surface area contributed by atoms with E-state index in [0.717, 1.165) is 11.1 Å². The smallest absolute Gasteiger partial charge is 0.258 e. The van der Waals surface area contributed by atoms with E-state index < -0.39 is 6.17 Å². The van der Waals surface area contributed by atoms with E-state index in [1.807, 2.05) is 47.4 Å². The van der Waals surface area contributed by atoms with Crippen LogP contribution in [0.15, 0.2) is 59.7 Å². The number of amides is 1. The molecule has 1 heterocycles. The Labute approximate surface area is 228 Å². The Hall–Kier alpha value is -4.44. The number of hydrazone groups is 1. The van der Waals surface area contributed by atoms with Crippen LogP contribution in [0.3, 0.4) is 0 Å². The summed E-state index contributed by atoms with van der Waals surface area (Å²) in [5.74, 6) is 2.72. The van der Waals surface area contributed by atoms with Gasteiger partial charge in [0.2, 0.25) is 11.5 Å². The number of rotatable bonds is 11. The molecule has 1 aliphatic rings. The van der Waals surface area contributed by atoms with Crippen molar-refractivity contribution in [2.45, 2.75) is 12.7 Å². The van der Waals surface area contributed by atoms with Crippen molar-refractivity contribution in [2.75, 3.05) is 49.2 Å². The van der Waals surface area contributed by atoms with Crippen LogP contribution in [0.5, 0.6) is 34.5 Å². The second-order valence-corrected chi connectivity index (χ2v) is 8.66. The Kier molecular flexibility index (Phi) is 8.77. The minimum absolute atomic E-state index is 0.159. The lowest BCUT2D eigenvalue weighted by atomic mass is 10.1. The van der Waals surface area contributed by atoms with Crippen molar-refractivity contribution in [1.82, 2.24) is 9.91 Å². The van der Waals surface area contributed by atoms with Crippen molar-refractivity contribution in [3.63, 3.8) is 0 Å². The Morgan fingerprint density at radius 2 is 1.28 bits per heavy atom. The van der Waals surface area contributed by atoms with Crippen molar-refractivity contribution < 1.29 is 33.2 Å². The number of benzene rings is 3. The zero-order chi connectivity index (χ0) is 27.9. The summed E-state index contributed by atoms with van der Waals surface area (Å²) in [5.41, 5.74) is 2.49. The maximum Gasteiger partial charge on any atom is 0.258 e. The minimum Gasteiger partial charge on any atom is -0.493 e. The van der Waals surface area contributed by atoms with Crippen LogP contribution in [0, 0.1) is 0 Å². The normalized spacial score (nSPS) is 15.5. The van der Waals surface area contributed by atoms with E-state index in [2.05, 4.69) is 5.10 Å². The molecule has 4 rings (SSSR count). The van der Waals surface area contributed by atoms with Crippen LogP contribution < -0.4 is 28.4 Å². The summed E-state index contributed by atoms with van der Waals surface area (Å²) in [7, 11) is 9.30. The topological polar surface area (TPSA) is 91.3 Å². The highest BCUT2D eigenvalue weighted by Gasteiger charge is 2.40. The van der Waals surface area contributed by atoms with E-state index in [0.29, 0.717) is 46.6 Å². The summed E-state index contributed by atoms with van der Waals surface area (Å²) in [5, 5.41) is 6.10. The van der Waals surface area contributed by atoms with Gasteiger partial charge in [0.15, 0.2) is 23.0 Å². The number of hydrogen-bond donors (Lipinski definition) is 0. The standard InChI is InChI=1S/C29H33N3O7/c1-34-22-12-20(13-23(35-2)27(22)38-5)16-30-32-26(33)18-31(17-19-10-8-7-9-11-19)29(32)21-14-24(36-3)28(39-6)25(15-21)37-4/h7-16,29H,17-18H2,1-6H3/b30-16-/t29-/m0/s1. The fourth-order valence-corrected chi connectivity index (χ4v) is 4.62. The fourth-order valence-electron chi connectivity index (χ4n) is 4.62. The van der Waals surface area contributed by atoms with E-state index in [9.17, 15) is 4.79 Å². The van der Waals surface area contributed by atoms with E-state index >= 15 is 0 Å². The molecule has 10 nitrogen and oxygen atoms in total. The zero-order valence-electron chi connectivity index (χ0n) is 23.0. The number of carbonyl (C=O) groups excluding carboxylic acids is 1. The first kappa shape index (κ1) is 27.6. The molecule has 1 aliphatic heterocycles. The fraction of sp³-hybridized carbons (Fsp3) is 0.310. The van der Waals surface area contributed by atoms with E-state index in [4.69, 9.17) is 28.4 Å². The summed E-state index contributed by atoms with van der Waals surface area (Å²) in [4.78, 5) is 15.4. The second-order valence-electron chi connectivity index (χ2n) is 8.66. The van der Waals surface area contributed by atoms with Crippen molar-refractivity contribution in [2.24, 2.45) is 5.10 Å². The Bertz CT molecular complexity index is 1280. The lowest BCUT2D eigenvalue weighted by Gasteiger charge is -2.28. The highest BCUT2D eigenvalue weighted by Crippen LogP contribution is 2.43. The van der Waals surface area contributed by atoms with E-state index in [-0.39, 0.29) is 12.5 Å². The SMILES string of the molecule is COc1cc(/C=N\N2C(=O)CN(Cc3ccccc3)[C@@H]2c2cc(OC)c(OC)c(OC)c2)cc(OC)c1OC. The molecule has 3 aromatic carbocycles. The first-order valence-corrected chi connectivity index (χ1v) is 12.2. The first-order chi connectivity index (χ1) is 19.0. The summed E-state index contributed by atoms with van der Waals surface area (Å²) < 4.78 is 33.0. The monoisotopic (exact) mass is 535 g/mol. The van der Waals surface area contributed by atoms with Crippen molar-refractivity contribution >= 4 is 12.1 Å². The lowest BCUT2D eigenvalue weighted by Crippen LogP contribution is -2.29. The number of methoxy groups -OCH3 is 6. The highest BCUT2D eigenvalue weighted by molar-refractivity contribution is 5.86. The van der Waals surface area contributed by atoms with Crippen molar-refractivity contribution in [3.8, 4) is 34.5 Å². The molecule has 0 radical (unpaired) electrons. The third-order valence-electron chi connectivity index (χ3n) is 6.40. The quantitative estimate of drug-likeness (QED) is 0.339. The Morgan fingerprint density at radius 3 is 1.77 bits per heavy atom. The molecule has 0 N–H and O–H groups in total. The van der Waals surface area contributed by atoms with Crippen LogP contribution >= 0.6 is 0 Å². The summed E-state index contributed by atoms with van der Waals surface area (Å²) in [6, 6.07) is 17.2. The van der Waals surface area contributed by atoms with Gasteiger partial charge in [-0.05, 0) is 35.4 Å². The van der Waals surface area contributed by atoms with Crippen LogP contribution in [-0.2, 0) is 11.3 Å². The van der Waals surface area contributed by atoms with Gasteiger partial charge in [0, 0.05) is 12.1 Å². The Balaban J connectivity index is 1.78. The predicted octanol–water partition coefficient (Wildman–Crippen LogP) is 4.12. The molecule has 0 bridgehead atoms. The second kappa shape index (κ2) is 12.4. The van der Waals surface area contributed by atoms with Crippen LogP contribution in [-0.4, -0.2) is 71.2 Å². The first-order valence-electron chi connectivity index (χ1n) is 12.2. The average molecular weight is 536 g/mol. The van der Waals surface area contributed by atoms with Gasteiger partial charge >= 0.3 is 0 Å². The molecule has 1 atom stereocenters. The average Bonchev–Trinajstić information content (AvgIpc) is 3.28. The molecule has 1 fully saturated rings. The molecule has 206 valence electrons. The molecule has 39 heavy (non-hydrogen) atoms. The number of hydrogen-bond acceptors (Lipinski definition) is 9. The molecule has 1 amide bonds. The van der Waals surface area contributed by atoms with Gasteiger partial charge in [-0.3, -0.25) is 9.69 Å². The summed E-state index contributed by atoms with van der Waals surface area (Å²) >= 11 is 0. The summed E-state index contributed by atoms with van der Waals surface area (Å²) in [6.45, 7) is 0.701. The van der Waals surface area contributed by atoms with E-state index in [1.54, 1.807) is 61.0 Å². The van der Waals surface area contributed by atoms with E-state index in [1.165, 1.54) is 5.01 Å². The van der Waals surface area contributed by atoms with Crippen molar-refractivity contribution in [3.05, 3.63) is 71.3 Å².